The van der Waals surface area contributed by atoms with Crippen molar-refractivity contribution in [2.75, 3.05) is 6.54 Å². The minimum Gasteiger partial charge on any atom is -0.480 e. The largest absolute Gasteiger partial charge is 0.480 e. The molecule has 1 aromatic rings. The lowest BCUT2D eigenvalue weighted by Crippen LogP contribution is -2.34. The predicted molar refractivity (Wildman–Crippen MR) is 68.5 cm³/mol. The summed E-state index contributed by atoms with van der Waals surface area (Å²) in [5, 5.41) is 11.6. The summed E-state index contributed by atoms with van der Waals surface area (Å²) in [6.45, 7) is 6.58. The van der Waals surface area contributed by atoms with E-state index < -0.39 is 5.97 Å². The Morgan fingerprint density at radius 1 is 1.44 bits per heavy atom. The molecule has 1 amide bonds. The Balaban J connectivity index is 2.67. The third kappa shape index (κ3) is 3.91. The van der Waals surface area contributed by atoms with Crippen LogP contribution in [0.15, 0.2) is 18.3 Å². The van der Waals surface area contributed by atoms with E-state index in [4.69, 9.17) is 5.11 Å². The van der Waals surface area contributed by atoms with Crippen LogP contribution in [0.25, 0.3) is 0 Å². The molecule has 0 aromatic carbocycles. The summed E-state index contributed by atoms with van der Waals surface area (Å²) in [6, 6.07) is 3.29. The maximum Gasteiger partial charge on any atom is 0.323 e. The molecule has 0 spiro atoms. The van der Waals surface area contributed by atoms with Gasteiger partial charge in [-0.2, -0.15) is 0 Å². The van der Waals surface area contributed by atoms with E-state index in [-0.39, 0.29) is 17.9 Å². The second-order valence-electron chi connectivity index (χ2n) is 5.12. The van der Waals surface area contributed by atoms with Gasteiger partial charge in [0.1, 0.15) is 12.2 Å². The number of rotatable bonds is 6. The van der Waals surface area contributed by atoms with Crippen molar-refractivity contribution in [3.05, 3.63) is 24.0 Å². The molecular formula is C13H20N2O3. The fourth-order valence-corrected chi connectivity index (χ4v) is 1.44. The molecule has 2 N–H and O–H groups in total. The van der Waals surface area contributed by atoms with Crippen molar-refractivity contribution < 1.29 is 14.7 Å². The van der Waals surface area contributed by atoms with Crippen LogP contribution >= 0.6 is 0 Å². The SMILES string of the molecule is CCC(C)(C)CNC(=O)c1cccn1CC(=O)O. The molecule has 0 aliphatic rings. The highest BCUT2D eigenvalue weighted by Crippen LogP contribution is 2.17. The quantitative estimate of drug-likeness (QED) is 0.810. The van der Waals surface area contributed by atoms with Gasteiger partial charge >= 0.3 is 5.97 Å². The highest BCUT2D eigenvalue weighted by Gasteiger charge is 2.18. The first-order valence-electron chi connectivity index (χ1n) is 6.01. The average molecular weight is 252 g/mol. The van der Waals surface area contributed by atoms with Gasteiger partial charge in [-0.05, 0) is 24.0 Å². The van der Waals surface area contributed by atoms with Crippen molar-refractivity contribution in [1.29, 1.82) is 0 Å². The summed E-state index contributed by atoms with van der Waals surface area (Å²) in [5.74, 6) is -1.20. The smallest absolute Gasteiger partial charge is 0.323 e. The molecule has 0 saturated carbocycles. The van der Waals surface area contributed by atoms with E-state index in [1.54, 1.807) is 18.3 Å². The van der Waals surface area contributed by atoms with Crippen LogP contribution in [-0.4, -0.2) is 28.1 Å². The number of aliphatic carboxylic acids is 1. The molecule has 1 heterocycles. The molecule has 0 fully saturated rings. The van der Waals surface area contributed by atoms with Gasteiger partial charge in [-0.1, -0.05) is 20.8 Å². The second kappa shape index (κ2) is 5.71. The topological polar surface area (TPSA) is 71.3 Å². The minimum absolute atomic E-state index is 0.0415. The molecule has 0 saturated heterocycles. The van der Waals surface area contributed by atoms with Gasteiger partial charge < -0.3 is 15.0 Å². The van der Waals surface area contributed by atoms with E-state index in [1.807, 2.05) is 0 Å². The molecule has 1 rings (SSSR count). The zero-order valence-corrected chi connectivity index (χ0v) is 11.1. The van der Waals surface area contributed by atoms with Crippen LogP contribution in [0.4, 0.5) is 0 Å². The fourth-order valence-electron chi connectivity index (χ4n) is 1.44. The number of carbonyl (C=O) groups is 2. The number of aromatic nitrogens is 1. The Bertz CT molecular complexity index is 435. The second-order valence-corrected chi connectivity index (χ2v) is 5.12. The lowest BCUT2D eigenvalue weighted by atomic mass is 9.90. The van der Waals surface area contributed by atoms with Crippen LogP contribution in [0.3, 0.4) is 0 Å². The first-order chi connectivity index (χ1) is 8.35. The van der Waals surface area contributed by atoms with Gasteiger partial charge in [0.15, 0.2) is 0 Å². The summed E-state index contributed by atoms with van der Waals surface area (Å²) in [5.41, 5.74) is 0.421. The van der Waals surface area contributed by atoms with E-state index in [0.717, 1.165) is 6.42 Å². The Labute approximate surface area is 107 Å². The zero-order valence-electron chi connectivity index (χ0n) is 11.1. The number of carboxylic acids is 1. The summed E-state index contributed by atoms with van der Waals surface area (Å²) in [4.78, 5) is 22.6. The third-order valence-electron chi connectivity index (χ3n) is 3.05. The summed E-state index contributed by atoms with van der Waals surface area (Å²) < 4.78 is 1.43. The Morgan fingerprint density at radius 2 is 2.11 bits per heavy atom. The molecule has 18 heavy (non-hydrogen) atoms. The first-order valence-corrected chi connectivity index (χ1v) is 6.01. The number of hydrogen-bond acceptors (Lipinski definition) is 2. The number of carbonyl (C=O) groups excluding carboxylic acids is 1. The molecule has 1 aromatic heterocycles. The first kappa shape index (κ1) is 14.3. The predicted octanol–water partition coefficient (Wildman–Crippen LogP) is 1.74. The lowest BCUT2D eigenvalue weighted by molar-refractivity contribution is -0.137. The van der Waals surface area contributed by atoms with Crippen molar-refractivity contribution in [2.45, 2.75) is 33.7 Å². The van der Waals surface area contributed by atoms with Crippen LogP contribution in [-0.2, 0) is 11.3 Å². The normalized spacial score (nSPS) is 11.3. The van der Waals surface area contributed by atoms with Gasteiger partial charge in [0.25, 0.3) is 5.91 Å². The lowest BCUT2D eigenvalue weighted by Gasteiger charge is -2.22. The molecule has 5 nitrogen and oxygen atoms in total. The maximum atomic E-state index is 11.9. The Kier molecular flexibility index (Phi) is 4.53. The molecule has 100 valence electrons. The highest BCUT2D eigenvalue weighted by atomic mass is 16.4. The molecule has 0 unspecified atom stereocenters. The minimum atomic E-state index is -0.964. The number of nitrogens with zero attached hydrogens (tertiary/aromatic N) is 1. The summed E-state index contributed by atoms with van der Waals surface area (Å²) in [6.07, 6.45) is 2.55. The van der Waals surface area contributed by atoms with Crippen LogP contribution in [0.5, 0.6) is 0 Å². The maximum absolute atomic E-state index is 11.9. The van der Waals surface area contributed by atoms with Gasteiger partial charge in [-0.3, -0.25) is 9.59 Å². The van der Waals surface area contributed by atoms with Gasteiger partial charge in [-0.15, -0.1) is 0 Å². The molecule has 0 bridgehead atoms. The number of carboxylic acid groups (broad SMARTS) is 1. The van der Waals surface area contributed by atoms with Gasteiger partial charge in [0, 0.05) is 12.7 Å². The zero-order chi connectivity index (χ0) is 13.8. The van der Waals surface area contributed by atoms with Gasteiger partial charge in [-0.25, -0.2) is 0 Å². The Hall–Kier alpha value is -1.78. The molecule has 0 radical (unpaired) electrons. The van der Waals surface area contributed by atoms with E-state index in [1.165, 1.54) is 4.57 Å². The van der Waals surface area contributed by atoms with Crippen molar-refractivity contribution in [3.8, 4) is 0 Å². The van der Waals surface area contributed by atoms with Crippen molar-refractivity contribution in [1.82, 2.24) is 9.88 Å². The standard InChI is InChI=1S/C13H20N2O3/c1-4-13(2,3)9-14-12(18)10-6-5-7-15(10)8-11(16)17/h5-7H,4,8-9H2,1-3H3,(H,14,18)(H,16,17). The van der Waals surface area contributed by atoms with Crippen LogP contribution < -0.4 is 5.32 Å². The van der Waals surface area contributed by atoms with Gasteiger partial charge in [0.05, 0.1) is 0 Å². The van der Waals surface area contributed by atoms with Crippen molar-refractivity contribution >= 4 is 11.9 Å². The number of nitrogens with one attached hydrogen (secondary N) is 1. The van der Waals surface area contributed by atoms with Crippen LogP contribution in [0.2, 0.25) is 0 Å². The van der Waals surface area contributed by atoms with E-state index in [2.05, 4.69) is 26.1 Å². The summed E-state index contributed by atoms with van der Waals surface area (Å²) in [7, 11) is 0. The molecule has 5 heteroatoms. The summed E-state index contributed by atoms with van der Waals surface area (Å²) >= 11 is 0. The van der Waals surface area contributed by atoms with E-state index in [9.17, 15) is 9.59 Å². The Morgan fingerprint density at radius 3 is 2.67 bits per heavy atom. The van der Waals surface area contributed by atoms with E-state index in [0.29, 0.717) is 12.2 Å². The monoisotopic (exact) mass is 252 g/mol. The molecule has 0 aliphatic heterocycles. The molecular weight excluding hydrogens is 232 g/mol. The highest BCUT2D eigenvalue weighted by molar-refractivity contribution is 5.93. The van der Waals surface area contributed by atoms with Crippen molar-refractivity contribution in [2.24, 2.45) is 5.41 Å². The fraction of sp³-hybridized carbons (Fsp3) is 0.538. The van der Waals surface area contributed by atoms with Gasteiger partial charge in [0.2, 0.25) is 0 Å². The number of hydrogen-bond donors (Lipinski definition) is 2. The van der Waals surface area contributed by atoms with Crippen LogP contribution in [0, 0.1) is 5.41 Å². The molecule has 0 aliphatic carbocycles. The number of amides is 1. The molecule has 0 atom stereocenters. The average Bonchev–Trinajstić information content (AvgIpc) is 2.73. The third-order valence-corrected chi connectivity index (χ3v) is 3.05. The van der Waals surface area contributed by atoms with Crippen molar-refractivity contribution in [3.63, 3.8) is 0 Å². The van der Waals surface area contributed by atoms with E-state index >= 15 is 0 Å². The van der Waals surface area contributed by atoms with Crippen LogP contribution in [0.1, 0.15) is 37.7 Å².